The Hall–Kier alpha value is -1.02. The van der Waals surface area contributed by atoms with Gasteiger partial charge in [-0.2, -0.15) is 0 Å². The van der Waals surface area contributed by atoms with Crippen LogP contribution in [0.25, 0.3) is 0 Å². The van der Waals surface area contributed by atoms with Crippen molar-refractivity contribution >= 4 is 0 Å². The van der Waals surface area contributed by atoms with Gasteiger partial charge in [0.15, 0.2) is 0 Å². The lowest BCUT2D eigenvalue weighted by Gasteiger charge is -2.34. The SMILES string of the molecule is CC1CCCC(C(O)CC2CCOc3ccccc32)C1. The van der Waals surface area contributed by atoms with Gasteiger partial charge in [0.1, 0.15) is 5.75 Å². The molecule has 2 aliphatic rings. The van der Waals surface area contributed by atoms with Crippen LogP contribution in [0.4, 0.5) is 0 Å². The molecule has 0 saturated heterocycles. The van der Waals surface area contributed by atoms with Crippen molar-refractivity contribution in [3.8, 4) is 5.75 Å². The van der Waals surface area contributed by atoms with Gasteiger partial charge in [-0.15, -0.1) is 0 Å². The van der Waals surface area contributed by atoms with Crippen LogP contribution in [0.15, 0.2) is 24.3 Å². The van der Waals surface area contributed by atoms with E-state index in [1.54, 1.807) is 0 Å². The molecule has 1 saturated carbocycles. The number of aliphatic hydroxyl groups is 1. The van der Waals surface area contributed by atoms with Crippen LogP contribution >= 0.6 is 0 Å². The molecule has 0 radical (unpaired) electrons. The maximum atomic E-state index is 10.6. The average Bonchev–Trinajstić information content (AvgIpc) is 2.47. The maximum absolute atomic E-state index is 10.6. The molecule has 0 bridgehead atoms. The predicted octanol–water partition coefficient (Wildman–Crippen LogP) is 4.13. The molecule has 1 aromatic rings. The second kappa shape index (κ2) is 6.17. The Labute approximate surface area is 122 Å². The second-order valence-electron chi connectivity index (χ2n) is 6.71. The first-order chi connectivity index (χ1) is 9.74. The van der Waals surface area contributed by atoms with Crippen molar-refractivity contribution < 1.29 is 9.84 Å². The summed E-state index contributed by atoms with van der Waals surface area (Å²) in [6, 6.07) is 8.32. The van der Waals surface area contributed by atoms with E-state index in [-0.39, 0.29) is 6.10 Å². The van der Waals surface area contributed by atoms with E-state index in [2.05, 4.69) is 25.1 Å². The largest absolute Gasteiger partial charge is 0.493 e. The lowest BCUT2D eigenvalue weighted by Crippen LogP contribution is -2.28. The fraction of sp³-hybridized carbons (Fsp3) is 0.667. The fourth-order valence-corrected chi connectivity index (χ4v) is 3.98. The highest BCUT2D eigenvalue weighted by Crippen LogP contribution is 2.39. The molecule has 3 rings (SSSR count). The molecular weight excluding hydrogens is 248 g/mol. The summed E-state index contributed by atoms with van der Waals surface area (Å²) in [4.78, 5) is 0. The highest BCUT2D eigenvalue weighted by Gasteiger charge is 2.29. The minimum absolute atomic E-state index is 0.145. The van der Waals surface area contributed by atoms with Crippen molar-refractivity contribution in [1.82, 2.24) is 0 Å². The van der Waals surface area contributed by atoms with Crippen LogP contribution < -0.4 is 4.74 Å². The number of aliphatic hydroxyl groups excluding tert-OH is 1. The van der Waals surface area contributed by atoms with Crippen molar-refractivity contribution in [3.63, 3.8) is 0 Å². The zero-order chi connectivity index (χ0) is 13.9. The number of para-hydroxylation sites is 1. The molecule has 1 aliphatic heterocycles. The summed E-state index contributed by atoms with van der Waals surface area (Å²) in [7, 11) is 0. The third kappa shape index (κ3) is 3.01. The molecule has 0 amide bonds. The molecular formula is C18H26O2. The van der Waals surface area contributed by atoms with Crippen molar-refractivity contribution in [3.05, 3.63) is 29.8 Å². The van der Waals surface area contributed by atoms with Crippen LogP contribution in [-0.2, 0) is 0 Å². The molecule has 4 atom stereocenters. The molecule has 1 N–H and O–H groups in total. The van der Waals surface area contributed by atoms with Crippen molar-refractivity contribution in [2.24, 2.45) is 11.8 Å². The monoisotopic (exact) mass is 274 g/mol. The van der Waals surface area contributed by atoms with Crippen LogP contribution in [0.3, 0.4) is 0 Å². The van der Waals surface area contributed by atoms with Gasteiger partial charge in [-0.25, -0.2) is 0 Å². The summed E-state index contributed by atoms with van der Waals surface area (Å²) >= 11 is 0. The first-order valence-corrected chi connectivity index (χ1v) is 8.14. The number of hydrogen-bond donors (Lipinski definition) is 1. The number of fused-ring (bicyclic) bond motifs is 1. The van der Waals surface area contributed by atoms with Crippen LogP contribution in [-0.4, -0.2) is 17.8 Å². The summed E-state index contributed by atoms with van der Waals surface area (Å²) in [6.07, 6.45) is 6.82. The van der Waals surface area contributed by atoms with Crippen molar-refractivity contribution in [2.45, 2.75) is 57.5 Å². The van der Waals surface area contributed by atoms with Gasteiger partial charge < -0.3 is 9.84 Å². The third-order valence-electron chi connectivity index (χ3n) is 5.13. The standard InChI is InChI=1S/C18H26O2/c1-13-5-4-6-15(11-13)17(19)12-14-9-10-20-18-8-3-2-7-16(14)18/h2-3,7-8,13-15,17,19H,4-6,9-12H2,1H3. The van der Waals surface area contributed by atoms with E-state index >= 15 is 0 Å². The van der Waals surface area contributed by atoms with Crippen molar-refractivity contribution in [2.75, 3.05) is 6.61 Å². The quantitative estimate of drug-likeness (QED) is 0.898. The van der Waals surface area contributed by atoms with Gasteiger partial charge in [0, 0.05) is 0 Å². The topological polar surface area (TPSA) is 29.5 Å². The molecule has 1 aliphatic carbocycles. The van der Waals surface area contributed by atoms with Gasteiger partial charge in [0.25, 0.3) is 0 Å². The number of hydrogen-bond acceptors (Lipinski definition) is 2. The molecule has 1 aromatic carbocycles. The first-order valence-electron chi connectivity index (χ1n) is 8.14. The molecule has 110 valence electrons. The average molecular weight is 274 g/mol. The molecule has 0 aromatic heterocycles. The maximum Gasteiger partial charge on any atom is 0.122 e. The molecule has 1 fully saturated rings. The summed E-state index contributed by atoms with van der Waals surface area (Å²) in [5, 5.41) is 10.6. The summed E-state index contributed by atoms with van der Waals surface area (Å²) in [5.74, 6) is 2.78. The molecule has 2 nitrogen and oxygen atoms in total. The first kappa shape index (κ1) is 13.9. The van der Waals surface area contributed by atoms with Crippen molar-refractivity contribution in [1.29, 1.82) is 0 Å². The summed E-state index contributed by atoms with van der Waals surface area (Å²) < 4.78 is 5.72. The van der Waals surface area contributed by atoms with Crippen LogP contribution in [0.2, 0.25) is 0 Å². The number of rotatable bonds is 3. The van der Waals surface area contributed by atoms with E-state index in [0.717, 1.165) is 31.1 Å². The Bertz CT molecular complexity index is 443. The van der Waals surface area contributed by atoms with Gasteiger partial charge in [-0.3, -0.25) is 0 Å². The number of benzene rings is 1. The Morgan fingerprint density at radius 2 is 2.10 bits per heavy atom. The lowest BCUT2D eigenvalue weighted by molar-refractivity contribution is 0.0550. The van der Waals surface area contributed by atoms with E-state index in [4.69, 9.17) is 4.74 Å². The van der Waals surface area contributed by atoms with Crippen LogP contribution in [0.1, 0.15) is 56.9 Å². The zero-order valence-corrected chi connectivity index (χ0v) is 12.4. The minimum atomic E-state index is -0.145. The molecule has 0 spiro atoms. The molecule has 1 heterocycles. The minimum Gasteiger partial charge on any atom is -0.493 e. The third-order valence-corrected chi connectivity index (χ3v) is 5.13. The normalized spacial score (nSPS) is 31.2. The lowest BCUT2D eigenvalue weighted by atomic mass is 9.76. The Balaban J connectivity index is 1.66. The van der Waals surface area contributed by atoms with E-state index < -0.39 is 0 Å². The van der Waals surface area contributed by atoms with E-state index in [1.807, 2.05) is 6.07 Å². The zero-order valence-electron chi connectivity index (χ0n) is 12.4. The Morgan fingerprint density at radius 1 is 1.25 bits per heavy atom. The molecule has 4 unspecified atom stereocenters. The van der Waals surface area contributed by atoms with E-state index in [9.17, 15) is 5.11 Å². The summed E-state index contributed by atoms with van der Waals surface area (Å²) in [5.41, 5.74) is 1.29. The second-order valence-corrected chi connectivity index (χ2v) is 6.71. The van der Waals surface area contributed by atoms with Gasteiger partial charge in [-0.1, -0.05) is 38.0 Å². The van der Waals surface area contributed by atoms with Gasteiger partial charge >= 0.3 is 0 Å². The molecule has 20 heavy (non-hydrogen) atoms. The van der Waals surface area contributed by atoms with E-state index in [0.29, 0.717) is 11.8 Å². The van der Waals surface area contributed by atoms with Crippen LogP contribution in [0, 0.1) is 11.8 Å². The summed E-state index contributed by atoms with van der Waals surface area (Å²) in [6.45, 7) is 3.11. The fourth-order valence-electron chi connectivity index (χ4n) is 3.98. The van der Waals surface area contributed by atoms with Gasteiger partial charge in [-0.05, 0) is 55.1 Å². The predicted molar refractivity (Wildman–Crippen MR) is 81.0 cm³/mol. The highest BCUT2D eigenvalue weighted by molar-refractivity contribution is 5.37. The Morgan fingerprint density at radius 3 is 2.95 bits per heavy atom. The van der Waals surface area contributed by atoms with Crippen LogP contribution in [0.5, 0.6) is 5.75 Å². The van der Waals surface area contributed by atoms with Gasteiger partial charge in [0.2, 0.25) is 0 Å². The highest BCUT2D eigenvalue weighted by atomic mass is 16.5. The smallest absolute Gasteiger partial charge is 0.122 e. The van der Waals surface area contributed by atoms with E-state index in [1.165, 1.54) is 31.2 Å². The molecule has 2 heteroatoms. The Kier molecular flexibility index (Phi) is 4.30. The number of ether oxygens (including phenoxy) is 1. The van der Waals surface area contributed by atoms with Gasteiger partial charge in [0.05, 0.1) is 12.7 Å².